The van der Waals surface area contributed by atoms with E-state index in [0.717, 1.165) is 12.4 Å². The van der Waals surface area contributed by atoms with Gasteiger partial charge in [0.25, 0.3) is 11.8 Å². The number of pyridine rings is 1. The van der Waals surface area contributed by atoms with Gasteiger partial charge in [-0.05, 0) is 36.5 Å². The molecule has 2 atom stereocenters. The van der Waals surface area contributed by atoms with Gasteiger partial charge in [-0.2, -0.15) is 5.26 Å². The molecule has 0 bridgehead atoms. The lowest BCUT2D eigenvalue weighted by Gasteiger charge is -2.47. The van der Waals surface area contributed by atoms with E-state index in [-0.39, 0.29) is 61.8 Å². The molecule has 14 heteroatoms. The fourth-order valence-corrected chi connectivity index (χ4v) is 6.69. The van der Waals surface area contributed by atoms with Crippen LogP contribution in [0.15, 0.2) is 30.6 Å². The van der Waals surface area contributed by atoms with Gasteiger partial charge in [0.1, 0.15) is 23.5 Å². The molecular formula is C34H37F3N8O3. The predicted molar refractivity (Wildman–Crippen MR) is 172 cm³/mol. The molecule has 0 spiro atoms. The summed E-state index contributed by atoms with van der Waals surface area (Å²) in [6.45, 7) is 4.93. The molecule has 252 valence electrons. The number of fused-ring (bicyclic) bond motifs is 1. The largest absolute Gasteiger partial charge is 0.482 e. The number of aromatic nitrogens is 3. The highest BCUT2D eigenvalue weighted by atomic mass is 19.3. The highest BCUT2D eigenvalue weighted by Crippen LogP contribution is 2.43. The molecule has 3 aromatic rings. The molecule has 2 N–H and O–H groups in total. The number of rotatable bonds is 10. The standard InChI is InChI=1S/C34H37F3N8O3/c1-19(2)8-26-23(12-38)32(20-4-5-27-28(9-20)48-18-31(46)45(27)17-30-40-14-21(35)15-41-30)24(13-39)33(43-26)42-25-6-7-44(16-29(25)47-3)22-10-34(36,37)11-22/h4-5,9,13-15,19,22,25,29,39H,6-8,10-11,16-18H2,1-3H3,(H,42,43). The number of piperidine rings is 1. The first-order valence-electron chi connectivity index (χ1n) is 15.9. The number of methoxy groups -OCH3 is 1. The third-order valence-corrected chi connectivity index (χ3v) is 9.13. The molecule has 11 nitrogen and oxygen atoms in total. The summed E-state index contributed by atoms with van der Waals surface area (Å²) in [7, 11) is 1.60. The average molecular weight is 663 g/mol. The van der Waals surface area contributed by atoms with E-state index in [0.29, 0.717) is 71.1 Å². The van der Waals surface area contributed by atoms with Gasteiger partial charge in [0, 0.05) is 56.4 Å². The molecule has 0 radical (unpaired) electrons. The SMILES string of the molecule is COC1CN(C2CC(F)(F)C2)CCC1Nc1nc(CC(C)C)c(C#N)c(-c2ccc3c(c2)OCC(=O)N3Cc2ncc(F)cn2)c1C=N. The van der Waals surface area contributed by atoms with Crippen LogP contribution in [0, 0.1) is 28.5 Å². The van der Waals surface area contributed by atoms with Crippen LogP contribution in [0.3, 0.4) is 0 Å². The molecule has 4 heterocycles. The van der Waals surface area contributed by atoms with E-state index in [1.54, 1.807) is 25.3 Å². The summed E-state index contributed by atoms with van der Waals surface area (Å²) < 4.78 is 52.3. The Labute approximate surface area is 276 Å². The van der Waals surface area contributed by atoms with Crippen LogP contribution in [0.1, 0.15) is 55.8 Å². The number of nitrogens with one attached hydrogen (secondary N) is 2. The lowest BCUT2D eigenvalue weighted by Crippen LogP contribution is -2.58. The van der Waals surface area contributed by atoms with E-state index in [2.05, 4.69) is 26.3 Å². The maximum atomic E-state index is 13.6. The number of ether oxygens (including phenoxy) is 2. The monoisotopic (exact) mass is 662 g/mol. The van der Waals surface area contributed by atoms with Gasteiger partial charge in [-0.15, -0.1) is 0 Å². The van der Waals surface area contributed by atoms with Crippen molar-refractivity contribution in [1.29, 1.82) is 10.7 Å². The second kappa shape index (κ2) is 13.5. The number of carbonyl (C=O) groups excluding carboxylic acids is 1. The summed E-state index contributed by atoms with van der Waals surface area (Å²) in [5.41, 5.74) is 2.86. The molecule has 2 fully saturated rings. The molecule has 2 aromatic heterocycles. The normalized spacial score (nSPS) is 20.9. The summed E-state index contributed by atoms with van der Waals surface area (Å²) in [5.74, 6) is -2.27. The zero-order valence-corrected chi connectivity index (χ0v) is 27.0. The van der Waals surface area contributed by atoms with Gasteiger partial charge in [0.15, 0.2) is 12.4 Å². The van der Waals surface area contributed by atoms with Crippen LogP contribution in [0.2, 0.25) is 0 Å². The number of nitrogens with zero attached hydrogens (tertiary/aromatic N) is 6. The van der Waals surface area contributed by atoms with Crippen molar-refractivity contribution in [2.24, 2.45) is 5.92 Å². The fraction of sp³-hybridized carbons (Fsp3) is 0.471. The number of benzene rings is 1. The van der Waals surface area contributed by atoms with Crippen LogP contribution in [0.25, 0.3) is 11.1 Å². The number of anilines is 2. The number of nitriles is 1. The van der Waals surface area contributed by atoms with Crippen molar-refractivity contribution in [3.05, 3.63) is 59.1 Å². The zero-order chi connectivity index (χ0) is 34.2. The van der Waals surface area contributed by atoms with Gasteiger partial charge in [0.2, 0.25) is 0 Å². The molecule has 1 saturated heterocycles. The third kappa shape index (κ3) is 6.70. The summed E-state index contributed by atoms with van der Waals surface area (Å²) in [4.78, 5) is 29.2. The van der Waals surface area contributed by atoms with Crippen molar-refractivity contribution in [2.45, 2.75) is 70.2 Å². The molecule has 1 aliphatic carbocycles. The smallest absolute Gasteiger partial charge is 0.265 e. The number of likely N-dealkylation sites (tertiary alicyclic amines) is 1. The molecule has 48 heavy (non-hydrogen) atoms. The van der Waals surface area contributed by atoms with Crippen molar-refractivity contribution in [3.8, 4) is 22.9 Å². The van der Waals surface area contributed by atoms with Crippen LogP contribution in [-0.4, -0.2) is 82.9 Å². The summed E-state index contributed by atoms with van der Waals surface area (Å²) >= 11 is 0. The van der Waals surface area contributed by atoms with Crippen molar-refractivity contribution < 1.29 is 27.4 Å². The van der Waals surface area contributed by atoms with Crippen molar-refractivity contribution in [3.63, 3.8) is 0 Å². The number of alkyl halides is 2. The second-order valence-electron chi connectivity index (χ2n) is 12.9. The number of carbonyl (C=O) groups is 1. The first-order chi connectivity index (χ1) is 23.0. The molecule has 1 aromatic carbocycles. The van der Waals surface area contributed by atoms with Crippen molar-refractivity contribution in [1.82, 2.24) is 19.9 Å². The minimum Gasteiger partial charge on any atom is -0.482 e. The van der Waals surface area contributed by atoms with Crippen molar-refractivity contribution >= 4 is 23.6 Å². The van der Waals surface area contributed by atoms with E-state index in [1.807, 2.05) is 13.8 Å². The molecule has 3 aliphatic rings. The Bertz CT molecular complexity index is 1740. The first kappa shape index (κ1) is 33.3. The summed E-state index contributed by atoms with van der Waals surface area (Å²) in [6.07, 6.45) is 3.76. The number of hydrogen-bond acceptors (Lipinski definition) is 10. The average Bonchev–Trinajstić information content (AvgIpc) is 3.05. The van der Waals surface area contributed by atoms with Gasteiger partial charge in [-0.1, -0.05) is 19.9 Å². The highest BCUT2D eigenvalue weighted by molar-refractivity contribution is 6.00. The lowest BCUT2D eigenvalue weighted by atomic mass is 9.85. The highest BCUT2D eigenvalue weighted by Gasteiger charge is 2.49. The maximum Gasteiger partial charge on any atom is 0.265 e. The second-order valence-corrected chi connectivity index (χ2v) is 12.9. The Morgan fingerprint density at radius 1 is 1.27 bits per heavy atom. The molecular weight excluding hydrogens is 625 g/mol. The topological polar surface area (TPSA) is 140 Å². The predicted octanol–water partition coefficient (Wildman–Crippen LogP) is 4.97. The van der Waals surface area contributed by atoms with Crippen LogP contribution in [0.4, 0.5) is 24.7 Å². The number of hydrogen-bond donors (Lipinski definition) is 2. The van der Waals surface area contributed by atoms with E-state index in [9.17, 15) is 23.2 Å². The van der Waals surface area contributed by atoms with Crippen molar-refractivity contribution in [2.75, 3.05) is 37.0 Å². The van der Waals surface area contributed by atoms with Gasteiger partial charge >= 0.3 is 0 Å². The van der Waals surface area contributed by atoms with Crippen LogP contribution < -0.4 is 15.0 Å². The molecule has 2 aliphatic heterocycles. The number of amides is 1. The van der Waals surface area contributed by atoms with E-state index in [1.165, 1.54) is 11.1 Å². The quantitative estimate of drug-likeness (QED) is 0.288. The third-order valence-electron chi connectivity index (χ3n) is 9.13. The Kier molecular flexibility index (Phi) is 9.35. The molecule has 2 unspecified atom stereocenters. The zero-order valence-electron chi connectivity index (χ0n) is 27.0. The first-order valence-corrected chi connectivity index (χ1v) is 15.9. The van der Waals surface area contributed by atoms with Gasteiger partial charge in [-0.3, -0.25) is 14.6 Å². The maximum absolute atomic E-state index is 13.6. The van der Waals surface area contributed by atoms with Crippen LogP contribution in [0.5, 0.6) is 5.75 Å². The lowest BCUT2D eigenvalue weighted by molar-refractivity contribution is -0.136. The summed E-state index contributed by atoms with van der Waals surface area (Å²) in [5, 5.41) is 22.4. The fourth-order valence-electron chi connectivity index (χ4n) is 6.69. The van der Waals surface area contributed by atoms with E-state index >= 15 is 0 Å². The van der Waals surface area contributed by atoms with Gasteiger partial charge in [-0.25, -0.2) is 28.1 Å². The van der Waals surface area contributed by atoms with Gasteiger partial charge in [0.05, 0.1) is 48.0 Å². The minimum absolute atomic E-state index is 0.00846. The minimum atomic E-state index is -2.61. The van der Waals surface area contributed by atoms with Crippen LogP contribution >= 0.6 is 0 Å². The Hall–Kier alpha value is -4.61. The Balaban J connectivity index is 1.35. The molecule has 1 amide bonds. The van der Waals surface area contributed by atoms with Crippen LogP contribution in [-0.2, 0) is 22.5 Å². The van der Waals surface area contributed by atoms with E-state index in [4.69, 9.17) is 19.9 Å². The molecule has 1 saturated carbocycles. The number of halogens is 3. The van der Waals surface area contributed by atoms with E-state index < -0.39 is 11.7 Å². The summed E-state index contributed by atoms with van der Waals surface area (Å²) in [6, 6.07) is 7.13. The Morgan fingerprint density at radius 2 is 2.02 bits per heavy atom. The van der Waals surface area contributed by atoms with Gasteiger partial charge < -0.3 is 20.2 Å². The molecule has 6 rings (SSSR count). The Morgan fingerprint density at radius 3 is 2.67 bits per heavy atom.